The Bertz CT molecular complexity index is 1140. The van der Waals surface area contributed by atoms with Crippen molar-refractivity contribution >= 4 is 12.0 Å². The molecule has 0 aliphatic heterocycles. The third-order valence-electron chi connectivity index (χ3n) is 7.72. The van der Waals surface area contributed by atoms with E-state index in [1.54, 1.807) is 6.92 Å². The number of hydrogen-bond donors (Lipinski definition) is 4. The Kier molecular flexibility index (Phi) is 11.7. The van der Waals surface area contributed by atoms with Gasteiger partial charge >= 0.3 is 12.0 Å². The number of hydrogen-bond acceptors (Lipinski definition) is 5. The molecular formula is C32H45F2N3O4. The molecule has 0 aromatic heterocycles. The Morgan fingerprint density at radius 3 is 2.37 bits per heavy atom. The van der Waals surface area contributed by atoms with Gasteiger partial charge in [-0.05, 0) is 60.4 Å². The number of urea groups is 1. The molecule has 41 heavy (non-hydrogen) atoms. The Labute approximate surface area is 242 Å². The third kappa shape index (κ3) is 9.78. The molecule has 3 rings (SSSR count). The van der Waals surface area contributed by atoms with E-state index in [1.165, 1.54) is 23.3 Å². The van der Waals surface area contributed by atoms with Crippen LogP contribution in [0.3, 0.4) is 0 Å². The number of halogens is 2. The number of aliphatic hydroxyl groups excluding tert-OH is 1. The fourth-order valence-electron chi connectivity index (χ4n) is 5.45. The van der Waals surface area contributed by atoms with E-state index in [0.717, 1.165) is 38.2 Å². The van der Waals surface area contributed by atoms with Crippen molar-refractivity contribution in [3.8, 4) is 0 Å². The van der Waals surface area contributed by atoms with E-state index in [2.05, 4.69) is 61.0 Å². The Morgan fingerprint density at radius 2 is 1.73 bits per heavy atom. The molecule has 0 bridgehead atoms. The summed E-state index contributed by atoms with van der Waals surface area (Å²) in [5.41, 5.74) is 2.36. The van der Waals surface area contributed by atoms with Crippen LogP contribution in [0.2, 0.25) is 0 Å². The van der Waals surface area contributed by atoms with Gasteiger partial charge in [-0.15, -0.1) is 0 Å². The lowest BCUT2D eigenvalue weighted by molar-refractivity contribution is -0.142. The smallest absolute Gasteiger partial charge is 0.315 e. The van der Waals surface area contributed by atoms with E-state index in [1.807, 2.05) is 0 Å². The van der Waals surface area contributed by atoms with Crippen LogP contribution in [0.15, 0.2) is 42.5 Å². The summed E-state index contributed by atoms with van der Waals surface area (Å²) < 4.78 is 32.7. The molecule has 0 spiro atoms. The lowest BCUT2D eigenvalue weighted by Gasteiger charge is -2.41. The molecule has 2 aromatic carbocycles. The average molecular weight is 574 g/mol. The molecule has 1 fully saturated rings. The normalized spacial score (nSPS) is 16.5. The standard InChI is InChI=1S/C32H45F2N3O4/c1-5-41-29(39)12-15-35-30(40)37-27(18-22-16-25(33)20-26(34)17-22)28(38)21-36-32(13-7-6-8-14-32)24-11-9-10-23(19-24)31(2,3)4/h9-11,16-17,19-20,27-28,36,38H,5-8,12-15,18,21H2,1-4H3,(H2,35,37,40). The molecule has 226 valence electrons. The number of carbonyl (C=O) groups excluding carboxylic acids is 2. The Hall–Kier alpha value is -3.04. The summed E-state index contributed by atoms with van der Waals surface area (Å²) in [5.74, 6) is -1.90. The summed E-state index contributed by atoms with van der Waals surface area (Å²) in [6.45, 7) is 8.70. The van der Waals surface area contributed by atoms with Crippen LogP contribution in [0.4, 0.5) is 13.6 Å². The highest BCUT2D eigenvalue weighted by atomic mass is 19.1. The first-order valence-electron chi connectivity index (χ1n) is 14.6. The lowest BCUT2D eigenvalue weighted by Crippen LogP contribution is -2.55. The van der Waals surface area contributed by atoms with E-state index in [0.29, 0.717) is 5.56 Å². The molecule has 1 aliphatic rings. The van der Waals surface area contributed by atoms with Gasteiger partial charge in [-0.2, -0.15) is 0 Å². The van der Waals surface area contributed by atoms with Crippen LogP contribution in [-0.4, -0.2) is 48.9 Å². The van der Waals surface area contributed by atoms with Gasteiger partial charge in [0.15, 0.2) is 0 Å². The number of esters is 1. The topological polar surface area (TPSA) is 99.7 Å². The van der Waals surface area contributed by atoms with Crippen LogP contribution in [0.5, 0.6) is 0 Å². The van der Waals surface area contributed by atoms with Gasteiger partial charge in [0.05, 0.1) is 25.2 Å². The average Bonchev–Trinajstić information content (AvgIpc) is 2.91. The molecule has 4 N–H and O–H groups in total. The molecule has 2 atom stereocenters. The van der Waals surface area contributed by atoms with Crippen molar-refractivity contribution in [2.75, 3.05) is 19.7 Å². The molecule has 1 aliphatic carbocycles. The molecule has 7 nitrogen and oxygen atoms in total. The van der Waals surface area contributed by atoms with Gasteiger partial charge in [-0.25, -0.2) is 13.6 Å². The van der Waals surface area contributed by atoms with Crippen LogP contribution >= 0.6 is 0 Å². The maximum absolute atomic E-state index is 13.9. The van der Waals surface area contributed by atoms with Crippen LogP contribution < -0.4 is 16.0 Å². The van der Waals surface area contributed by atoms with Crippen molar-refractivity contribution in [3.05, 3.63) is 70.8 Å². The Morgan fingerprint density at radius 1 is 1.05 bits per heavy atom. The number of benzene rings is 2. The fraction of sp³-hybridized carbons (Fsp3) is 0.562. The van der Waals surface area contributed by atoms with Gasteiger partial charge in [-0.1, -0.05) is 64.3 Å². The summed E-state index contributed by atoms with van der Waals surface area (Å²) in [7, 11) is 0. The zero-order valence-electron chi connectivity index (χ0n) is 24.7. The second-order valence-electron chi connectivity index (χ2n) is 12.0. The lowest BCUT2D eigenvalue weighted by atomic mass is 9.74. The minimum atomic E-state index is -1.07. The predicted octanol–water partition coefficient (Wildman–Crippen LogP) is 5.24. The van der Waals surface area contributed by atoms with E-state index in [4.69, 9.17) is 4.74 Å². The van der Waals surface area contributed by atoms with Crippen molar-refractivity contribution in [1.82, 2.24) is 16.0 Å². The highest BCUT2D eigenvalue weighted by Gasteiger charge is 2.35. The quantitative estimate of drug-likeness (QED) is 0.261. The maximum atomic E-state index is 13.9. The monoisotopic (exact) mass is 573 g/mol. The molecule has 9 heteroatoms. The SMILES string of the molecule is CCOC(=O)CCNC(=O)NC(Cc1cc(F)cc(F)c1)C(O)CNC1(c2cccc(C(C)(C)C)c2)CCCCC1. The van der Waals surface area contributed by atoms with E-state index >= 15 is 0 Å². The molecule has 2 unspecified atom stereocenters. The summed E-state index contributed by atoms with van der Waals surface area (Å²) in [6.07, 6.45) is 4.01. The van der Waals surface area contributed by atoms with Gasteiger partial charge in [0.25, 0.3) is 0 Å². The van der Waals surface area contributed by atoms with Crippen molar-refractivity contribution < 1.29 is 28.2 Å². The molecule has 2 aromatic rings. The van der Waals surface area contributed by atoms with Gasteiger partial charge in [0, 0.05) is 24.7 Å². The summed E-state index contributed by atoms with van der Waals surface area (Å²) in [5, 5.41) is 20.3. The highest BCUT2D eigenvalue weighted by molar-refractivity contribution is 5.75. The number of rotatable bonds is 12. The number of nitrogens with one attached hydrogen (secondary N) is 3. The van der Waals surface area contributed by atoms with Crippen molar-refractivity contribution in [3.63, 3.8) is 0 Å². The van der Waals surface area contributed by atoms with E-state index in [-0.39, 0.29) is 43.5 Å². The molecule has 0 heterocycles. The van der Waals surface area contributed by atoms with Crippen LogP contribution in [0.1, 0.15) is 82.9 Å². The maximum Gasteiger partial charge on any atom is 0.315 e. The molecule has 2 amide bonds. The molecular weight excluding hydrogens is 528 g/mol. The molecule has 0 saturated heterocycles. The highest BCUT2D eigenvalue weighted by Crippen LogP contribution is 2.38. The van der Waals surface area contributed by atoms with Crippen molar-refractivity contribution in [2.24, 2.45) is 0 Å². The van der Waals surface area contributed by atoms with Crippen molar-refractivity contribution in [1.29, 1.82) is 0 Å². The number of amides is 2. The van der Waals surface area contributed by atoms with Gasteiger partial charge in [0.2, 0.25) is 0 Å². The first-order valence-corrected chi connectivity index (χ1v) is 14.6. The minimum absolute atomic E-state index is 0.00128. The van der Waals surface area contributed by atoms with Crippen LogP contribution in [-0.2, 0) is 26.9 Å². The van der Waals surface area contributed by atoms with Crippen LogP contribution in [0.25, 0.3) is 0 Å². The summed E-state index contributed by atoms with van der Waals surface area (Å²) >= 11 is 0. The van der Waals surface area contributed by atoms with Gasteiger partial charge < -0.3 is 25.8 Å². The second kappa shape index (κ2) is 14.7. The predicted molar refractivity (Wildman–Crippen MR) is 156 cm³/mol. The van der Waals surface area contributed by atoms with E-state index in [9.17, 15) is 23.5 Å². The molecule has 0 radical (unpaired) electrons. The first-order chi connectivity index (χ1) is 19.4. The zero-order valence-corrected chi connectivity index (χ0v) is 24.7. The number of ether oxygens (including phenoxy) is 1. The summed E-state index contributed by atoms with van der Waals surface area (Å²) in [6, 6.07) is 10.3. The van der Waals surface area contributed by atoms with E-state index < -0.39 is 35.8 Å². The van der Waals surface area contributed by atoms with Crippen LogP contribution in [0, 0.1) is 11.6 Å². The minimum Gasteiger partial charge on any atom is -0.466 e. The fourth-order valence-corrected chi connectivity index (χ4v) is 5.45. The third-order valence-corrected chi connectivity index (χ3v) is 7.72. The number of aliphatic hydroxyl groups is 1. The Balaban J connectivity index is 1.77. The van der Waals surface area contributed by atoms with Gasteiger partial charge in [0.1, 0.15) is 11.6 Å². The first kappa shape index (κ1) is 32.5. The zero-order chi connectivity index (χ0) is 30.0. The summed E-state index contributed by atoms with van der Waals surface area (Å²) in [4.78, 5) is 24.3. The van der Waals surface area contributed by atoms with Crippen molar-refractivity contribution in [2.45, 2.75) is 95.7 Å². The van der Waals surface area contributed by atoms with Gasteiger partial charge in [-0.3, -0.25) is 4.79 Å². The number of carbonyl (C=O) groups is 2. The second-order valence-corrected chi connectivity index (χ2v) is 12.0. The largest absolute Gasteiger partial charge is 0.466 e. The molecule has 1 saturated carbocycles.